The minimum atomic E-state index is -0.260. The summed E-state index contributed by atoms with van der Waals surface area (Å²) in [5.41, 5.74) is -0.492. The highest BCUT2D eigenvalue weighted by atomic mass is 16.2. The highest BCUT2D eigenvalue weighted by Gasteiger charge is 2.28. The van der Waals surface area contributed by atoms with Gasteiger partial charge in [-0.1, -0.05) is 83.1 Å². The molecule has 0 heterocycles. The Hall–Kier alpha value is -1.06. The lowest BCUT2D eigenvalue weighted by Crippen LogP contribution is -2.43. The maximum Gasteiger partial charge on any atom is 0.227 e. The summed E-state index contributed by atoms with van der Waals surface area (Å²) in [5.74, 6) is 1.62. The smallest absolute Gasteiger partial charge is 0.227 e. The third-order valence-electron chi connectivity index (χ3n) is 4.02. The lowest BCUT2D eigenvalue weighted by Gasteiger charge is -2.32. The first-order valence-corrected chi connectivity index (χ1v) is 11.2. The maximum absolute atomic E-state index is 12.2. The molecule has 0 aliphatic rings. The molecular weight excluding hydrogens is 348 g/mol. The molecule has 0 fully saturated rings. The molecule has 0 aliphatic heterocycles. The number of carbonyl (C=O) groups excluding carboxylic acids is 2. The van der Waals surface area contributed by atoms with Crippen LogP contribution >= 0.6 is 0 Å². The van der Waals surface area contributed by atoms with Gasteiger partial charge in [-0.3, -0.25) is 9.59 Å². The lowest BCUT2D eigenvalue weighted by molar-refractivity contribution is -0.140. The van der Waals surface area contributed by atoms with Gasteiger partial charge in [-0.2, -0.15) is 0 Å². The molecule has 0 aromatic rings. The molecule has 0 aliphatic carbocycles. The zero-order valence-corrected chi connectivity index (χ0v) is 21.1. The van der Waals surface area contributed by atoms with E-state index in [2.05, 4.69) is 41.5 Å². The Morgan fingerprint density at radius 1 is 0.643 bits per heavy atom. The highest BCUT2D eigenvalue weighted by Crippen LogP contribution is 2.19. The Labute approximate surface area is 176 Å². The summed E-state index contributed by atoms with van der Waals surface area (Å²) in [6, 6.07) is 0. The Morgan fingerprint density at radius 3 is 1.14 bits per heavy atom. The van der Waals surface area contributed by atoms with Crippen LogP contribution in [0.4, 0.5) is 0 Å². The zero-order chi connectivity index (χ0) is 22.7. The van der Waals surface area contributed by atoms with E-state index in [4.69, 9.17) is 0 Å². The van der Waals surface area contributed by atoms with Crippen molar-refractivity contribution in [2.24, 2.45) is 22.7 Å². The van der Waals surface area contributed by atoms with Crippen LogP contribution in [-0.2, 0) is 9.59 Å². The maximum atomic E-state index is 12.2. The van der Waals surface area contributed by atoms with Crippen molar-refractivity contribution >= 4 is 11.8 Å². The molecule has 2 amide bonds. The van der Waals surface area contributed by atoms with E-state index in [1.165, 1.54) is 0 Å². The van der Waals surface area contributed by atoms with Gasteiger partial charge in [0.2, 0.25) is 11.8 Å². The molecule has 0 atom stereocenters. The topological polar surface area (TPSA) is 40.6 Å². The van der Waals surface area contributed by atoms with Crippen LogP contribution in [0.3, 0.4) is 0 Å². The van der Waals surface area contributed by atoms with Crippen LogP contribution in [0, 0.1) is 22.7 Å². The molecule has 0 radical (unpaired) electrons. The summed E-state index contributed by atoms with van der Waals surface area (Å²) in [4.78, 5) is 28.0. The van der Waals surface area contributed by atoms with Crippen molar-refractivity contribution in [2.45, 2.75) is 95.9 Å². The predicted octanol–water partition coefficient (Wildman–Crippen LogP) is 5.85. The third kappa shape index (κ3) is 13.2. The van der Waals surface area contributed by atoms with Gasteiger partial charge in [-0.25, -0.2) is 0 Å². The fourth-order valence-electron chi connectivity index (χ4n) is 2.93. The van der Waals surface area contributed by atoms with Gasteiger partial charge in [-0.15, -0.1) is 0 Å². The molecule has 0 rings (SSSR count). The van der Waals surface area contributed by atoms with Crippen LogP contribution in [-0.4, -0.2) is 47.8 Å². The van der Waals surface area contributed by atoms with Crippen LogP contribution in [0.5, 0.6) is 0 Å². The summed E-state index contributed by atoms with van der Waals surface area (Å²) in [7, 11) is 0. The number of rotatable bonds is 8. The minimum absolute atomic E-state index is 0.232. The summed E-state index contributed by atoms with van der Waals surface area (Å²) in [5, 5.41) is 0. The standard InChI is InChI=1S/C13H27NO.C11H23NO/c1-10(2)8-14(9-11(3)4)12(15)13(5,6)7;1-6-8-12(9-7-2)10(13)11(3,4)5/h10-11H,8-9H2,1-7H3;6-9H2,1-5H3. The lowest BCUT2D eigenvalue weighted by atomic mass is 9.93. The molecular formula is C24H50N2O2. The molecule has 0 saturated carbocycles. The van der Waals surface area contributed by atoms with Crippen molar-refractivity contribution in [3.63, 3.8) is 0 Å². The van der Waals surface area contributed by atoms with Crippen molar-refractivity contribution in [1.82, 2.24) is 9.80 Å². The Kier molecular flexibility index (Phi) is 13.8. The zero-order valence-electron chi connectivity index (χ0n) is 21.1. The molecule has 0 spiro atoms. The van der Waals surface area contributed by atoms with E-state index in [9.17, 15) is 9.59 Å². The van der Waals surface area contributed by atoms with Crippen LogP contribution in [0.2, 0.25) is 0 Å². The molecule has 0 saturated heterocycles. The molecule has 0 unspecified atom stereocenters. The second-order valence-corrected chi connectivity index (χ2v) is 10.8. The molecule has 0 bridgehead atoms. The second kappa shape index (κ2) is 13.2. The van der Waals surface area contributed by atoms with Gasteiger partial charge in [0.15, 0.2) is 0 Å². The van der Waals surface area contributed by atoms with E-state index < -0.39 is 0 Å². The number of nitrogens with zero attached hydrogens (tertiary/aromatic N) is 2. The van der Waals surface area contributed by atoms with Crippen LogP contribution < -0.4 is 0 Å². The predicted molar refractivity (Wildman–Crippen MR) is 122 cm³/mol. The number of carbonyl (C=O) groups is 2. The first-order valence-electron chi connectivity index (χ1n) is 11.2. The monoisotopic (exact) mass is 398 g/mol. The Bertz CT molecular complexity index is 427. The van der Waals surface area contributed by atoms with Crippen molar-refractivity contribution in [2.75, 3.05) is 26.2 Å². The molecule has 0 aromatic heterocycles. The molecule has 28 heavy (non-hydrogen) atoms. The van der Waals surface area contributed by atoms with Gasteiger partial charge in [0, 0.05) is 37.0 Å². The summed E-state index contributed by atoms with van der Waals surface area (Å²) < 4.78 is 0. The summed E-state index contributed by atoms with van der Waals surface area (Å²) in [6.45, 7) is 28.3. The van der Waals surface area contributed by atoms with Crippen molar-refractivity contribution < 1.29 is 9.59 Å². The minimum Gasteiger partial charge on any atom is -0.342 e. The van der Waals surface area contributed by atoms with Gasteiger partial charge in [0.05, 0.1) is 0 Å². The van der Waals surface area contributed by atoms with Gasteiger partial charge in [0.25, 0.3) is 0 Å². The quantitative estimate of drug-likeness (QED) is 0.514. The first-order chi connectivity index (χ1) is 12.6. The van der Waals surface area contributed by atoms with E-state index in [-0.39, 0.29) is 22.6 Å². The Balaban J connectivity index is 0. The number of amides is 2. The van der Waals surface area contributed by atoms with Crippen LogP contribution in [0.1, 0.15) is 95.9 Å². The van der Waals surface area contributed by atoms with E-state index in [1.807, 2.05) is 51.3 Å². The molecule has 4 heteroatoms. The number of hydrogen-bond donors (Lipinski definition) is 0. The fraction of sp³-hybridized carbons (Fsp3) is 0.917. The molecule has 0 aromatic carbocycles. The number of hydrogen-bond acceptors (Lipinski definition) is 2. The average Bonchev–Trinajstić information content (AvgIpc) is 2.50. The van der Waals surface area contributed by atoms with E-state index in [1.54, 1.807) is 0 Å². The Morgan fingerprint density at radius 2 is 0.929 bits per heavy atom. The van der Waals surface area contributed by atoms with Crippen LogP contribution in [0.25, 0.3) is 0 Å². The van der Waals surface area contributed by atoms with Crippen molar-refractivity contribution in [3.05, 3.63) is 0 Å². The van der Waals surface area contributed by atoms with Crippen molar-refractivity contribution in [3.8, 4) is 0 Å². The summed E-state index contributed by atoms with van der Waals surface area (Å²) >= 11 is 0. The van der Waals surface area contributed by atoms with E-state index in [0.717, 1.165) is 39.0 Å². The molecule has 168 valence electrons. The second-order valence-electron chi connectivity index (χ2n) is 10.8. The highest BCUT2D eigenvalue weighted by molar-refractivity contribution is 5.82. The van der Waals surface area contributed by atoms with E-state index >= 15 is 0 Å². The SMILES string of the molecule is CC(C)CN(CC(C)C)C(=O)C(C)(C)C.CCCN(CCC)C(=O)C(C)(C)C. The van der Waals surface area contributed by atoms with Crippen LogP contribution in [0.15, 0.2) is 0 Å². The normalized spacial score (nSPS) is 11.9. The van der Waals surface area contributed by atoms with Gasteiger partial charge in [-0.05, 0) is 24.7 Å². The van der Waals surface area contributed by atoms with Gasteiger partial charge < -0.3 is 9.80 Å². The van der Waals surface area contributed by atoms with Gasteiger partial charge >= 0.3 is 0 Å². The summed E-state index contributed by atoms with van der Waals surface area (Å²) in [6.07, 6.45) is 2.09. The van der Waals surface area contributed by atoms with Gasteiger partial charge in [0.1, 0.15) is 0 Å². The van der Waals surface area contributed by atoms with Crippen molar-refractivity contribution in [1.29, 1.82) is 0 Å². The molecule has 4 nitrogen and oxygen atoms in total. The largest absolute Gasteiger partial charge is 0.342 e. The fourth-order valence-corrected chi connectivity index (χ4v) is 2.93. The third-order valence-corrected chi connectivity index (χ3v) is 4.02. The first kappa shape index (κ1) is 29.1. The van der Waals surface area contributed by atoms with E-state index in [0.29, 0.717) is 11.8 Å². The molecule has 0 N–H and O–H groups in total. The average molecular weight is 399 g/mol.